The van der Waals surface area contributed by atoms with Crippen molar-refractivity contribution in [2.45, 2.75) is 32.4 Å². The van der Waals surface area contributed by atoms with Crippen molar-refractivity contribution in [3.63, 3.8) is 0 Å². The molecule has 0 aliphatic carbocycles. The first-order valence-electron chi connectivity index (χ1n) is 13.1. The van der Waals surface area contributed by atoms with Crippen molar-refractivity contribution in [1.29, 1.82) is 0 Å². The Bertz CT molecular complexity index is 1420. The van der Waals surface area contributed by atoms with Crippen LogP contribution in [0.1, 0.15) is 24.5 Å². The van der Waals surface area contributed by atoms with Crippen molar-refractivity contribution >= 4 is 28.0 Å². The van der Waals surface area contributed by atoms with E-state index in [9.17, 15) is 0 Å². The van der Waals surface area contributed by atoms with Gasteiger partial charge in [0.15, 0.2) is 17.0 Å². The van der Waals surface area contributed by atoms with E-state index in [1.54, 1.807) is 0 Å². The number of aromatic nitrogens is 6. The van der Waals surface area contributed by atoms with E-state index >= 15 is 0 Å². The van der Waals surface area contributed by atoms with Crippen LogP contribution in [0.3, 0.4) is 0 Å². The molecule has 3 aliphatic heterocycles. The SMILES string of the molecule is Cc1nc2ccccc2n1-c1nc(N2CCOCC2)c2nc(CN3CCN4CCC[C@H]4C3)n(C)c2n1. The Hall–Kier alpha value is -3.08. The van der Waals surface area contributed by atoms with Crippen molar-refractivity contribution in [1.82, 2.24) is 38.9 Å². The molecule has 0 saturated carbocycles. The summed E-state index contributed by atoms with van der Waals surface area (Å²) in [4.78, 5) is 27.6. The summed E-state index contributed by atoms with van der Waals surface area (Å²) < 4.78 is 9.87. The Morgan fingerprint density at radius 3 is 2.72 bits per heavy atom. The van der Waals surface area contributed by atoms with Crippen LogP contribution in [0, 0.1) is 6.92 Å². The monoisotopic (exact) mass is 487 g/mol. The number of para-hydroxylation sites is 2. The number of imidazole rings is 2. The van der Waals surface area contributed by atoms with Crippen molar-refractivity contribution < 1.29 is 4.74 Å². The van der Waals surface area contributed by atoms with Crippen molar-refractivity contribution in [3.05, 3.63) is 35.9 Å². The van der Waals surface area contributed by atoms with E-state index < -0.39 is 0 Å². The van der Waals surface area contributed by atoms with Crippen LogP contribution in [-0.2, 0) is 18.3 Å². The molecule has 1 aromatic carbocycles. The second kappa shape index (κ2) is 8.79. The van der Waals surface area contributed by atoms with Gasteiger partial charge >= 0.3 is 0 Å². The molecule has 3 aromatic heterocycles. The summed E-state index contributed by atoms with van der Waals surface area (Å²) in [6, 6.07) is 8.86. The maximum Gasteiger partial charge on any atom is 0.239 e. The number of aryl methyl sites for hydroxylation is 2. The molecular weight excluding hydrogens is 454 g/mol. The molecule has 0 radical (unpaired) electrons. The van der Waals surface area contributed by atoms with Crippen LogP contribution in [0.25, 0.3) is 28.1 Å². The summed E-state index contributed by atoms with van der Waals surface area (Å²) in [6.07, 6.45) is 2.64. The lowest BCUT2D eigenvalue weighted by molar-refractivity contribution is 0.0969. The van der Waals surface area contributed by atoms with E-state index in [2.05, 4.69) is 36.9 Å². The van der Waals surface area contributed by atoms with Gasteiger partial charge in [-0.3, -0.25) is 14.4 Å². The van der Waals surface area contributed by atoms with Crippen LogP contribution in [0.4, 0.5) is 5.82 Å². The fraction of sp³-hybridized carbons (Fsp3) is 0.538. The minimum absolute atomic E-state index is 0.643. The minimum atomic E-state index is 0.643. The number of rotatable bonds is 4. The van der Waals surface area contributed by atoms with E-state index in [-0.39, 0.29) is 0 Å². The van der Waals surface area contributed by atoms with E-state index in [1.807, 2.05) is 25.1 Å². The van der Waals surface area contributed by atoms with Crippen molar-refractivity contribution in [3.8, 4) is 5.95 Å². The molecule has 10 nitrogen and oxygen atoms in total. The maximum absolute atomic E-state index is 5.64. The van der Waals surface area contributed by atoms with Gasteiger partial charge in [0.2, 0.25) is 5.95 Å². The maximum atomic E-state index is 5.64. The summed E-state index contributed by atoms with van der Waals surface area (Å²) >= 11 is 0. The average Bonchev–Trinajstić information content (AvgIpc) is 3.59. The summed E-state index contributed by atoms with van der Waals surface area (Å²) in [5, 5.41) is 0. The zero-order valence-electron chi connectivity index (χ0n) is 21.1. The first-order chi connectivity index (χ1) is 17.7. The molecule has 6 heterocycles. The highest BCUT2D eigenvalue weighted by Crippen LogP contribution is 2.29. The van der Waals surface area contributed by atoms with Gasteiger partial charge < -0.3 is 14.2 Å². The average molecular weight is 488 g/mol. The summed E-state index contributed by atoms with van der Waals surface area (Å²) in [5.41, 5.74) is 3.70. The third-order valence-corrected chi connectivity index (χ3v) is 8.06. The molecule has 36 heavy (non-hydrogen) atoms. The van der Waals surface area contributed by atoms with E-state index in [0.29, 0.717) is 25.2 Å². The zero-order chi connectivity index (χ0) is 24.2. The Morgan fingerprint density at radius 1 is 0.972 bits per heavy atom. The zero-order valence-corrected chi connectivity index (χ0v) is 21.1. The molecule has 0 amide bonds. The number of nitrogens with zero attached hydrogens (tertiary/aromatic N) is 9. The number of piperazine rings is 1. The first-order valence-corrected chi connectivity index (χ1v) is 13.1. The second-order valence-electron chi connectivity index (χ2n) is 10.3. The fourth-order valence-corrected chi connectivity index (χ4v) is 6.12. The first kappa shape index (κ1) is 22.1. The second-order valence-corrected chi connectivity index (χ2v) is 10.3. The van der Waals surface area contributed by atoms with E-state index in [4.69, 9.17) is 24.7 Å². The van der Waals surface area contributed by atoms with Crippen molar-refractivity contribution in [2.24, 2.45) is 7.05 Å². The van der Waals surface area contributed by atoms with Gasteiger partial charge in [-0.2, -0.15) is 9.97 Å². The Labute approximate surface area is 210 Å². The fourth-order valence-electron chi connectivity index (χ4n) is 6.12. The molecule has 3 saturated heterocycles. The smallest absolute Gasteiger partial charge is 0.239 e. The van der Waals surface area contributed by atoms with Gasteiger partial charge in [0.1, 0.15) is 11.6 Å². The van der Waals surface area contributed by atoms with Crippen LogP contribution in [-0.4, -0.2) is 97.4 Å². The standard InChI is InChI=1S/C26H33N9O/c1-18-27-20-7-3-4-8-21(20)35(18)26-29-24-23(25(30-26)34-12-14-36-15-13-34)28-22(31(24)2)17-32-10-11-33-9-5-6-19(33)16-32/h3-4,7-8,19H,5-6,9-17H2,1-2H3/t19-/m0/s1. The molecule has 0 spiro atoms. The number of hydrogen-bond acceptors (Lipinski definition) is 8. The molecular formula is C26H33N9O. The van der Waals surface area contributed by atoms with E-state index in [1.165, 1.54) is 19.4 Å². The third kappa shape index (κ3) is 3.66. The quantitative estimate of drug-likeness (QED) is 0.433. The highest BCUT2D eigenvalue weighted by atomic mass is 16.5. The Morgan fingerprint density at radius 2 is 1.83 bits per heavy atom. The molecule has 7 rings (SSSR count). The molecule has 1 atom stereocenters. The van der Waals surface area contributed by atoms with E-state index in [0.717, 1.165) is 78.9 Å². The van der Waals surface area contributed by atoms with Gasteiger partial charge in [-0.15, -0.1) is 0 Å². The molecule has 0 bridgehead atoms. The Kier molecular flexibility index (Phi) is 5.41. The highest BCUT2D eigenvalue weighted by Gasteiger charge is 2.31. The molecule has 0 N–H and O–H groups in total. The summed E-state index contributed by atoms with van der Waals surface area (Å²) in [7, 11) is 2.09. The normalized spacial score (nSPS) is 21.6. The number of morpholine rings is 1. The van der Waals surface area contributed by atoms with Crippen LogP contribution in [0.15, 0.2) is 24.3 Å². The largest absolute Gasteiger partial charge is 0.378 e. The molecule has 3 aliphatic rings. The molecule has 3 fully saturated rings. The predicted octanol–water partition coefficient (Wildman–Crippen LogP) is 2.13. The minimum Gasteiger partial charge on any atom is -0.378 e. The van der Waals surface area contributed by atoms with Gasteiger partial charge in [0.25, 0.3) is 0 Å². The van der Waals surface area contributed by atoms with Crippen LogP contribution in [0.5, 0.6) is 0 Å². The number of ether oxygens (including phenoxy) is 1. The number of benzene rings is 1. The lowest BCUT2D eigenvalue weighted by atomic mass is 10.1. The van der Waals surface area contributed by atoms with Crippen LogP contribution in [0.2, 0.25) is 0 Å². The van der Waals surface area contributed by atoms with Gasteiger partial charge in [-0.1, -0.05) is 12.1 Å². The predicted molar refractivity (Wildman–Crippen MR) is 139 cm³/mol. The van der Waals surface area contributed by atoms with Crippen LogP contribution >= 0.6 is 0 Å². The Balaban J connectivity index is 1.33. The number of fused-ring (bicyclic) bond motifs is 3. The molecule has 188 valence electrons. The number of hydrogen-bond donors (Lipinski definition) is 0. The van der Waals surface area contributed by atoms with Gasteiger partial charge in [0.05, 0.1) is 30.8 Å². The molecule has 0 unspecified atom stereocenters. The van der Waals surface area contributed by atoms with Crippen molar-refractivity contribution in [2.75, 3.05) is 57.4 Å². The topological polar surface area (TPSA) is 80.4 Å². The van der Waals surface area contributed by atoms with Gasteiger partial charge in [-0.25, -0.2) is 9.97 Å². The highest BCUT2D eigenvalue weighted by molar-refractivity contribution is 5.86. The molecule has 10 heteroatoms. The molecule has 4 aromatic rings. The van der Waals surface area contributed by atoms with Gasteiger partial charge in [-0.05, 0) is 38.4 Å². The van der Waals surface area contributed by atoms with Gasteiger partial charge in [0, 0.05) is 45.8 Å². The third-order valence-electron chi connectivity index (χ3n) is 8.06. The summed E-state index contributed by atoms with van der Waals surface area (Å²) in [5.74, 6) is 3.45. The lowest BCUT2D eigenvalue weighted by Gasteiger charge is -2.37. The number of anilines is 1. The lowest BCUT2D eigenvalue weighted by Crippen LogP contribution is -2.49. The van der Waals surface area contributed by atoms with Crippen LogP contribution < -0.4 is 4.90 Å². The summed E-state index contributed by atoms with van der Waals surface area (Å²) in [6.45, 7) is 10.5.